The van der Waals surface area contributed by atoms with Gasteiger partial charge in [-0.2, -0.15) is 13.2 Å². The minimum Gasteiger partial charge on any atom is -0.483 e. The number of ether oxygens (including phenoxy) is 1. The molecule has 0 saturated carbocycles. The number of halogens is 3. The van der Waals surface area contributed by atoms with Crippen LogP contribution in [0.2, 0.25) is 0 Å². The molecule has 27 heavy (non-hydrogen) atoms. The predicted molar refractivity (Wildman–Crippen MR) is 96.7 cm³/mol. The number of nitrogens with one attached hydrogen (secondary N) is 2. The van der Waals surface area contributed by atoms with E-state index in [9.17, 15) is 18.0 Å². The highest BCUT2D eigenvalue weighted by Crippen LogP contribution is 2.26. The van der Waals surface area contributed by atoms with Crippen molar-refractivity contribution in [2.24, 2.45) is 0 Å². The van der Waals surface area contributed by atoms with Crippen LogP contribution in [0.1, 0.15) is 0 Å². The summed E-state index contributed by atoms with van der Waals surface area (Å²) in [5, 5.41) is 7.19. The van der Waals surface area contributed by atoms with Gasteiger partial charge >= 0.3 is 6.18 Å². The molecule has 5 nitrogen and oxygen atoms in total. The molecule has 2 aromatic rings. The van der Waals surface area contributed by atoms with Crippen molar-refractivity contribution in [2.45, 2.75) is 12.2 Å². The Morgan fingerprint density at radius 2 is 1.85 bits per heavy atom. The molecule has 3 rings (SSSR count). The summed E-state index contributed by atoms with van der Waals surface area (Å²) in [7, 11) is 0. The van der Waals surface area contributed by atoms with Crippen LogP contribution in [-0.4, -0.2) is 62.4 Å². The molecular weight excluding hydrogens is 359 g/mol. The summed E-state index contributed by atoms with van der Waals surface area (Å²) in [5.74, 6) is -0.0509. The molecule has 1 heterocycles. The third-order valence-electron chi connectivity index (χ3n) is 4.57. The van der Waals surface area contributed by atoms with Crippen LogP contribution in [0.15, 0.2) is 42.5 Å². The average Bonchev–Trinajstić information content (AvgIpc) is 2.66. The fraction of sp³-hybridized carbons (Fsp3) is 0.421. The van der Waals surface area contributed by atoms with Crippen molar-refractivity contribution in [3.8, 4) is 5.75 Å². The van der Waals surface area contributed by atoms with Gasteiger partial charge < -0.3 is 15.4 Å². The molecule has 1 unspecified atom stereocenters. The Balaban J connectivity index is 1.56. The summed E-state index contributed by atoms with van der Waals surface area (Å²) in [5.41, 5.74) is 0. The zero-order valence-corrected chi connectivity index (χ0v) is 14.8. The lowest BCUT2D eigenvalue weighted by Gasteiger charge is -2.35. The number of alkyl halides is 3. The van der Waals surface area contributed by atoms with E-state index in [1.165, 1.54) is 4.90 Å². The van der Waals surface area contributed by atoms with Gasteiger partial charge in [0.1, 0.15) is 11.8 Å². The normalized spacial score (nSPS) is 16.9. The molecule has 0 bridgehead atoms. The first-order valence-electron chi connectivity index (χ1n) is 8.84. The van der Waals surface area contributed by atoms with Gasteiger partial charge in [0.05, 0.1) is 0 Å². The summed E-state index contributed by atoms with van der Waals surface area (Å²) in [6, 6.07) is 11.3. The molecular formula is C19H22F3N3O2. The van der Waals surface area contributed by atoms with E-state index in [-0.39, 0.29) is 6.61 Å². The van der Waals surface area contributed by atoms with Crippen LogP contribution >= 0.6 is 0 Å². The van der Waals surface area contributed by atoms with E-state index in [4.69, 9.17) is 4.74 Å². The number of rotatable bonds is 6. The quantitative estimate of drug-likeness (QED) is 0.805. The molecule has 0 aromatic heterocycles. The standard InChI is InChI=1S/C19H22F3N3O2/c20-19(21,22)17(25-10-8-23-9-11-25)12-24-18(26)13-27-16-7-3-5-14-4-1-2-6-15(14)16/h1-7,17,23H,8-13H2,(H,24,26). The number of carbonyl (C=O) groups excluding carboxylic acids is 1. The van der Waals surface area contributed by atoms with Crippen LogP contribution in [0, 0.1) is 0 Å². The molecule has 2 N–H and O–H groups in total. The highest BCUT2D eigenvalue weighted by atomic mass is 19.4. The third kappa shape index (κ3) is 5.11. The van der Waals surface area contributed by atoms with Crippen LogP contribution < -0.4 is 15.4 Å². The van der Waals surface area contributed by atoms with Crippen LogP contribution in [0.3, 0.4) is 0 Å². The van der Waals surface area contributed by atoms with E-state index >= 15 is 0 Å². The van der Waals surface area contributed by atoms with E-state index in [1.54, 1.807) is 12.1 Å². The Labute approximate surface area is 155 Å². The van der Waals surface area contributed by atoms with Crippen molar-refractivity contribution in [3.05, 3.63) is 42.5 Å². The van der Waals surface area contributed by atoms with E-state index in [1.807, 2.05) is 30.3 Å². The van der Waals surface area contributed by atoms with Crippen LogP contribution in [0.4, 0.5) is 13.2 Å². The first-order valence-corrected chi connectivity index (χ1v) is 8.84. The molecule has 1 amide bonds. The zero-order chi connectivity index (χ0) is 19.3. The number of hydrogen-bond donors (Lipinski definition) is 2. The van der Waals surface area contributed by atoms with Gasteiger partial charge in [-0.1, -0.05) is 36.4 Å². The van der Waals surface area contributed by atoms with Crippen molar-refractivity contribution in [3.63, 3.8) is 0 Å². The highest BCUT2D eigenvalue weighted by Gasteiger charge is 2.43. The largest absolute Gasteiger partial charge is 0.483 e. The molecule has 0 spiro atoms. The topological polar surface area (TPSA) is 53.6 Å². The second-order valence-corrected chi connectivity index (χ2v) is 6.41. The molecule has 1 atom stereocenters. The Morgan fingerprint density at radius 3 is 2.59 bits per heavy atom. The second-order valence-electron chi connectivity index (χ2n) is 6.41. The lowest BCUT2D eigenvalue weighted by Crippen LogP contribution is -2.57. The molecule has 1 fully saturated rings. The van der Waals surface area contributed by atoms with Gasteiger partial charge in [0.2, 0.25) is 0 Å². The van der Waals surface area contributed by atoms with Gasteiger partial charge in [0.15, 0.2) is 6.61 Å². The van der Waals surface area contributed by atoms with Crippen molar-refractivity contribution in [1.29, 1.82) is 0 Å². The lowest BCUT2D eigenvalue weighted by atomic mass is 10.1. The third-order valence-corrected chi connectivity index (χ3v) is 4.57. The van der Waals surface area contributed by atoms with Crippen LogP contribution in [0.5, 0.6) is 5.75 Å². The zero-order valence-electron chi connectivity index (χ0n) is 14.8. The van der Waals surface area contributed by atoms with Crippen molar-refractivity contribution in [2.75, 3.05) is 39.3 Å². The molecule has 1 aliphatic rings. The summed E-state index contributed by atoms with van der Waals surface area (Å²) in [6.45, 7) is 0.788. The number of hydrogen-bond acceptors (Lipinski definition) is 4. The summed E-state index contributed by atoms with van der Waals surface area (Å²) >= 11 is 0. The molecule has 1 aliphatic heterocycles. The first-order chi connectivity index (χ1) is 12.9. The SMILES string of the molecule is O=C(COc1cccc2ccccc12)NCC(N1CCNCC1)C(F)(F)F. The minimum atomic E-state index is -4.40. The number of amides is 1. The van der Waals surface area contributed by atoms with E-state index in [0.29, 0.717) is 31.9 Å². The van der Waals surface area contributed by atoms with Gasteiger partial charge in [-0.3, -0.25) is 9.69 Å². The average molecular weight is 381 g/mol. The Bertz CT molecular complexity index is 771. The highest BCUT2D eigenvalue weighted by molar-refractivity contribution is 5.88. The van der Waals surface area contributed by atoms with Crippen LogP contribution in [-0.2, 0) is 4.79 Å². The maximum Gasteiger partial charge on any atom is 0.405 e. The Morgan fingerprint density at radius 1 is 1.15 bits per heavy atom. The summed E-state index contributed by atoms with van der Waals surface area (Å²) in [4.78, 5) is 13.4. The Kier molecular flexibility index (Phi) is 6.18. The first kappa shape index (κ1) is 19.4. The van der Waals surface area contributed by atoms with Gasteiger partial charge in [-0.25, -0.2) is 0 Å². The fourth-order valence-electron chi connectivity index (χ4n) is 3.17. The maximum atomic E-state index is 13.3. The Hall–Kier alpha value is -2.32. The van der Waals surface area contributed by atoms with Gasteiger partial charge in [-0.15, -0.1) is 0 Å². The number of piperazine rings is 1. The smallest absolute Gasteiger partial charge is 0.405 e. The number of carbonyl (C=O) groups is 1. The number of benzene rings is 2. The second kappa shape index (κ2) is 8.58. The minimum absolute atomic E-state index is 0.298. The molecule has 8 heteroatoms. The molecule has 2 aromatic carbocycles. The van der Waals surface area contributed by atoms with Crippen molar-refractivity contribution >= 4 is 16.7 Å². The van der Waals surface area contributed by atoms with E-state index in [2.05, 4.69) is 10.6 Å². The van der Waals surface area contributed by atoms with Gasteiger partial charge in [0, 0.05) is 38.1 Å². The number of nitrogens with zero attached hydrogens (tertiary/aromatic N) is 1. The van der Waals surface area contributed by atoms with Crippen molar-refractivity contribution in [1.82, 2.24) is 15.5 Å². The van der Waals surface area contributed by atoms with E-state index in [0.717, 1.165) is 10.8 Å². The fourth-order valence-corrected chi connectivity index (χ4v) is 3.17. The molecule has 0 aliphatic carbocycles. The lowest BCUT2D eigenvalue weighted by molar-refractivity contribution is -0.184. The molecule has 1 saturated heterocycles. The molecule has 146 valence electrons. The maximum absolute atomic E-state index is 13.3. The van der Waals surface area contributed by atoms with E-state index < -0.39 is 24.7 Å². The van der Waals surface area contributed by atoms with Gasteiger partial charge in [-0.05, 0) is 11.5 Å². The summed E-state index contributed by atoms with van der Waals surface area (Å²) in [6.07, 6.45) is -4.40. The monoisotopic (exact) mass is 381 g/mol. The predicted octanol–water partition coefficient (Wildman–Crippen LogP) is 2.17. The van der Waals surface area contributed by atoms with Crippen LogP contribution in [0.25, 0.3) is 10.8 Å². The van der Waals surface area contributed by atoms with Crippen molar-refractivity contribution < 1.29 is 22.7 Å². The van der Waals surface area contributed by atoms with Gasteiger partial charge in [0.25, 0.3) is 5.91 Å². The molecule has 0 radical (unpaired) electrons. The summed E-state index contributed by atoms with van der Waals surface area (Å²) < 4.78 is 45.5. The number of fused-ring (bicyclic) bond motifs is 1.